The zero-order chi connectivity index (χ0) is 16.3. The Kier molecular flexibility index (Phi) is 5.33. The van der Waals surface area contributed by atoms with Gasteiger partial charge >= 0.3 is 0 Å². The topological polar surface area (TPSA) is 65.1 Å². The highest BCUT2D eigenvalue weighted by Gasteiger charge is 2.43. The Labute approximate surface area is 137 Å². The first kappa shape index (κ1) is 16.9. The van der Waals surface area contributed by atoms with E-state index in [0.29, 0.717) is 32.7 Å². The van der Waals surface area contributed by atoms with E-state index in [4.69, 9.17) is 14.2 Å². The van der Waals surface area contributed by atoms with Crippen molar-refractivity contribution in [3.8, 4) is 0 Å². The van der Waals surface area contributed by atoms with E-state index in [1.165, 1.54) is 11.4 Å². The van der Waals surface area contributed by atoms with Crippen LogP contribution in [0.1, 0.15) is 5.56 Å². The maximum Gasteiger partial charge on any atom is 0.222 e. The molecule has 1 aromatic rings. The predicted octanol–water partition coefficient (Wildman–Crippen LogP) is 0.674. The summed E-state index contributed by atoms with van der Waals surface area (Å²) in [5.41, 5.74) is 1.15. The Bertz CT molecular complexity index is 606. The van der Waals surface area contributed by atoms with Crippen LogP contribution in [-0.2, 0) is 30.7 Å². The van der Waals surface area contributed by atoms with Gasteiger partial charge in [0.05, 0.1) is 25.9 Å². The third-order valence-corrected chi connectivity index (χ3v) is 6.69. The molecule has 3 unspecified atom stereocenters. The molecule has 0 amide bonds. The van der Waals surface area contributed by atoms with Crippen molar-refractivity contribution in [3.63, 3.8) is 0 Å². The van der Waals surface area contributed by atoms with Gasteiger partial charge in [-0.1, -0.05) is 30.3 Å². The molecule has 2 fully saturated rings. The average molecular weight is 341 g/mol. The maximum atomic E-state index is 12.9. The fraction of sp³-hybridized carbons (Fsp3) is 0.625. The molecule has 2 heterocycles. The van der Waals surface area contributed by atoms with E-state index in [-0.39, 0.29) is 12.7 Å². The second-order valence-electron chi connectivity index (χ2n) is 5.94. The molecule has 0 bridgehead atoms. The first-order chi connectivity index (χ1) is 11.1. The largest absolute Gasteiger partial charge is 0.378 e. The third kappa shape index (κ3) is 3.75. The van der Waals surface area contributed by atoms with E-state index in [1.54, 1.807) is 0 Å². The molecule has 0 N–H and O–H groups in total. The molecule has 0 radical (unpaired) electrons. The predicted molar refractivity (Wildman–Crippen MR) is 85.8 cm³/mol. The summed E-state index contributed by atoms with van der Waals surface area (Å²) in [6, 6.07) is 9.98. The molecule has 7 heteroatoms. The van der Waals surface area contributed by atoms with Gasteiger partial charge in [-0.05, 0) is 12.0 Å². The minimum absolute atomic E-state index is 0.121. The van der Waals surface area contributed by atoms with Crippen molar-refractivity contribution in [2.75, 3.05) is 40.0 Å². The zero-order valence-electron chi connectivity index (χ0n) is 13.3. The van der Waals surface area contributed by atoms with E-state index in [1.807, 2.05) is 30.3 Å². The SMILES string of the molecule is COC1COCC1S(=O)(=O)N1CCOC(Cc2ccccc2)C1. The number of nitrogens with zero attached hydrogens (tertiary/aromatic N) is 1. The monoisotopic (exact) mass is 341 g/mol. The smallest absolute Gasteiger partial charge is 0.222 e. The maximum absolute atomic E-state index is 12.9. The molecule has 128 valence electrons. The molecule has 0 aliphatic carbocycles. The van der Waals surface area contributed by atoms with Gasteiger partial charge < -0.3 is 14.2 Å². The highest BCUT2D eigenvalue weighted by atomic mass is 32.2. The Morgan fingerprint density at radius 1 is 1.26 bits per heavy atom. The van der Waals surface area contributed by atoms with Crippen LogP contribution in [0.3, 0.4) is 0 Å². The summed E-state index contributed by atoms with van der Waals surface area (Å²) in [7, 11) is -1.92. The van der Waals surface area contributed by atoms with Crippen LogP contribution < -0.4 is 0 Å². The molecule has 2 saturated heterocycles. The van der Waals surface area contributed by atoms with Gasteiger partial charge in [0.15, 0.2) is 0 Å². The lowest BCUT2D eigenvalue weighted by Gasteiger charge is -2.34. The van der Waals surface area contributed by atoms with Gasteiger partial charge in [0.25, 0.3) is 0 Å². The Balaban J connectivity index is 1.68. The second-order valence-corrected chi connectivity index (χ2v) is 8.09. The number of morpholine rings is 1. The quantitative estimate of drug-likeness (QED) is 0.788. The highest BCUT2D eigenvalue weighted by molar-refractivity contribution is 7.89. The lowest BCUT2D eigenvalue weighted by molar-refractivity contribution is -0.00131. The van der Waals surface area contributed by atoms with Crippen LogP contribution in [0, 0.1) is 0 Å². The molecule has 0 spiro atoms. The van der Waals surface area contributed by atoms with Gasteiger partial charge in [-0.15, -0.1) is 0 Å². The van der Waals surface area contributed by atoms with E-state index < -0.39 is 21.4 Å². The lowest BCUT2D eigenvalue weighted by Crippen LogP contribution is -2.51. The molecule has 1 aromatic carbocycles. The second kappa shape index (κ2) is 7.27. The van der Waals surface area contributed by atoms with Crippen LogP contribution >= 0.6 is 0 Å². The minimum Gasteiger partial charge on any atom is -0.378 e. The van der Waals surface area contributed by atoms with Crippen molar-refractivity contribution >= 4 is 10.0 Å². The summed E-state index contributed by atoms with van der Waals surface area (Å²) in [6.45, 7) is 1.71. The molecule has 3 rings (SSSR count). The fourth-order valence-corrected chi connectivity index (χ4v) is 5.06. The van der Waals surface area contributed by atoms with Gasteiger partial charge in [-0.2, -0.15) is 4.31 Å². The van der Waals surface area contributed by atoms with Gasteiger partial charge in [0, 0.05) is 20.2 Å². The minimum atomic E-state index is -3.44. The average Bonchev–Trinajstić information content (AvgIpc) is 3.05. The molecule has 3 atom stereocenters. The molecule has 23 heavy (non-hydrogen) atoms. The number of rotatable bonds is 5. The van der Waals surface area contributed by atoms with Crippen molar-refractivity contribution in [1.29, 1.82) is 0 Å². The van der Waals surface area contributed by atoms with E-state index in [0.717, 1.165) is 5.56 Å². The molecule has 0 aromatic heterocycles. The molecular weight excluding hydrogens is 318 g/mol. The number of methoxy groups -OCH3 is 1. The van der Waals surface area contributed by atoms with Gasteiger partial charge in [-0.3, -0.25) is 0 Å². The zero-order valence-corrected chi connectivity index (χ0v) is 14.1. The Morgan fingerprint density at radius 3 is 2.78 bits per heavy atom. The lowest BCUT2D eigenvalue weighted by atomic mass is 10.1. The number of sulfonamides is 1. The van der Waals surface area contributed by atoms with Gasteiger partial charge in [-0.25, -0.2) is 8.42 Å². The number of ether oxygens (including phenoxy) is 3. The van der Waals surface area contributed by atoms with Crippen molar-refractivity contribution in [2.45, 2.75) is 23.9 Å². The molecule has 2 aliphatic rings. The normalized spacial score (nSPS) is 29.7. The molecular formula is C16H23NO5S. The van der Waals surface area contributed by atoms with Crippen molar-refractivity contribution in [1.82, 2.24) is 4.31 Å². The van der Waals surface area contributed by atoms with Crippen LogP contribution in [0.4, 0.5) is 0 Å². The molecule has 6 nitrogen and oxygen atoms in total. The van der Waals surface area contributed by atoms with E-state index in [9.17, 15) is 8.42 Å². The van der Waals surface area contributed by atoms with Crippen molar-refractivity contribution in [3.05, 3.63) is 35.9 Å². The summed E-state index contributed by atoms with van der Waals surface area (Å²) in [6.07, 6.45) is 0.196. The third-order valence-electron chi connectivity index (χ3n) is 4.43. The van der Waals surface area contributed by atoms with Crippen LogP contribution in [0.15, 0.2) is 30.3 Å². The van der Waals surface area contributed by atoms with Crippen LogP contribution in [0.5, 0.6) is 0 Å². The number of hydrogen-bond acceptors (Lipinski definition) is 5. The summed E-state index contributed by atoms with van der Waals surface area (Å²) < 4.78 is 43.6. The van der Waals surface area contributed by atoms with Crippen LogP contribution in [0.25, 0.3) is 0 Å². The summed E-state index contributed by atoms with van der Waals surface area (Å²) >= 11 is 0. The van der Waals surface area contributed by atoms with E-state index >= 15 is 0 Å². The van der Waals surface area contributed by atoms with E-state index in [2.05, 4.69) is 0 Å². The van der Waals surface area contributed by atoms with Crippen molar-refractivity contribution < 1.29 is 22.6 Å². The highest BCUT2D eigenvalue weighted by Crippen LogP contribution is 2.23. The molecule has 0 saturated carbocycles. The van der Waals surface area contributed by atoms with Crippen LogP contribution in [-0.4, -0.2) is 70.2 Å². The fourth-order valence-electron chi connectivity index (χ4n) is 3.13. The number of hydrogen-bond donors (Lipinski definition) is 0. The van der Waals surface area contributed by atoms with Gasteiger partial charge in [0.2, 0.25) is 10.0 Å². The van der Waals surface area contributed by atoms with Crippen molar-refractivity contribution in [2.24, 2.45) is 0 Å². The Hall–Kier alpha value is -0.990. The summed E-state index contributed by atoms with van der Waals surface area (Å²) in [5.74, 6) is 0. The first-order valence-corrected chi connectivity index (χ1v) is 9.36. The Morgan fingerprint density at radius 2 is 2.04 bits per heavy atom. The molecule has 2 aliphatic heterocycles. The first-order valence-electron chi connectivity index (χ1n) is 7.86. The summed E-state index contributed by atoms with van der Waals surface area (Å²) in [4.78, 5) is 0. The summed E-state index contributed by atoms with van der Waals surface area (Å²) in [5, 5.41) is -0.622. The standard InChI is InChI=1S/C16H23NO5S/c1-20-15-11-21-12-16(15)23(18,19)17-7-8-22-14(10-17)9-13-5-3-2-4-6-13/h2-6,14-16H,7-12H2,1H3. The van der Waals surface area contributed by atoms with Crippen LogP contribution in [0.2, 0.25) is 0 Å². The number of benzene rings is 1. The van der Waals surface area contributed by atoms with Gasteiger partial charge in [0.1, 0.15) is 11.4 Å².